The molecule has 0 radical (unpaired) electrons. The van der Waals surface area contributed by atoms with E-state index in [0.29, 0.717) is 65.3 Å². The van der Waals surface area contributed by atoms with Crippen LogP contribution < -0.4 is 24.3 Å². The Kier molecular flexibility index (Phi) is 10.1. The molecule has 0 aliphatic carbocycles. The van der Waals surface area contributed by atoms with Gasteiger partial charge in [0.25, 0.3) is 0 Å². The number of nitrogens with one attached hydrogen (secondary N) is 1. The van der Waals surface area contributed by atoms with Crippen LogP contribution in [-0.2, 0) is 30.3 Å². The summed E-state index contributed by atoms with van der Waals surface area (Å²) in [6, 6.07) is -0.370. The van der Waals surface area contributed by atoms with Gasteiger partial charge in [0.05, 0.1) is 30.5 Å². The van der Waals surface area contributed by atoms with Crippen molar-refractivity contribution in [2.75, 3.05) is 39.9 Å². The summed E-state index contributed by atoms with van der Waals surface area (Å²) in [6.45, 7) is 10.2. The Hall–Kier alpha value is -4.92. The normalized spacial score (nSPS) is 28.7. The Morgan fingerprint density at radius 1 is 1.09 bits per heavy atom. The standard InChI is InChI=1S/C41H49N5O11S/c1-18-12-21-13-24-25(14-42)46-26-15-53-39(50)22(43-38(49)23-10-9-11-45(23)40(51)57-41(4,5)6)16-58-37(31(46)30(44(24)7)27(21)32(48)33(18)52-8)29-28(26)36-35(54-17-55-36)19(2)34(29)56-20(3)47/h12,22-26,30-31,37,48H,9-11,13,15-17H2,1-8H3,(H,43,49)/t22?,23-,24-,25-,26+,30-,31+,37+/m0/s1. The molecule has 8 atom stereocenters. The molecule has 2 aromatic rings. The summed E-state index contributed by atoms with van der Waals surface area (Å²) < 4.78 is 35.7. The number of amides is 2. The quantitative estimate of drug-likeness (QED) is 0.331. The number of carbonyl (C=O) groups is 4. The van der Waals surface area contributed by atoms with Crippen molar-refractivity contribution >= 4 is 35.7 Å². The lowest BCUT2D eigenvalue weighted by molar-refractivity contribution is -0.153. The molecule has 4 bridgehead atoms. The van der Waals surface area contributed by atoms with E-state index in [2.05, 4.69) is 21.2 Å². The summed E-state index contributed by atoms with van der Waals surface area (Å²) in [6.07, 6.45) is 0.828. The minimum Gasteiger partial charge on any atom is -0.504 e. The number of benzene rings is 2. The Labute approximate surface area is 341 Å². The maximum Gasteiger partial charge on any atom is 0.410 e. The average Bonchev–Trinajstić information content (AvgIpc) is 3.85. The van der Waals surface area contributed by atoms with Crippen molar-refractivity contribution in [1.29, 1.82) is 5.26 Å². The number of hydrogen-bond donors (Lipinski definition) is 2. The second-order valence-corrected chi connectivity index (χ2v) is 17.9. The fourth-order valence-electron chi connectivity index (χ4n) is 9.91. The van der Waals surface area contributed by atoms with Crippen molar-refractivity contribution in [3.05, 3.63) is 39.4 Å². The zero-order valence-corrected chi connectivity index (χ0v) is 34.7. The van der Waals surface area contributed by atoms with Gasteiger partial charge < -0.3 is 38.8 Å². The van der Waals surface area contributed by atoms with Crippen molar-refractivity contribution in [1.82, 2.24) is 20.0 Å². The van der Waals surface area contributed by atoms with Crippen molar-refractivity contribution in [2.45, 2.75) is 114 Å². The van der Waals surface area contributed by atoms with Crippen LogP contribution >= 0.6 is 11.8 Å². The van der Waals surface area contributed by atoms with E-state index < -0.39 is 71.0 Å². The highest BCUT2D eigenvalue weighted by molar-refractivity contribution is 7.99. The van der Waals surface area contributed by atoms with Crippen LogP contribution in [0.5, 0.6) is 28.7 Å². The molecule has 7 heterocycles. The van der Waals surface area contributed by atoms with E-state index >= 15 is 0 Å². The summed E-state index contributed by atoms with van der Waals surface area (Å²) in [5.74, 6) is -0.292. The number of hydrogen-bond acceptors (Lipinski definition) is 15. The van der Waals surface area contributed by atoms with Crippen LogP contribution in [0.3, 0.4) is 0 Å². The van der Waals surface area contributed by atoms with Crippen LogP contribution in [0.4, 0.5) is 4.79 Å². The first-order valence-corrected chi connectivity index (χ1v) is 20.6. The van der Waals surface area contributed by atoms with Gasteiger partial charge in [0.1, 0.15) is 36.1 Å². The molecule has 17 heteroatoms. The number of likely N-dealkylation sites (N-methyl/N-ethyl adjacent to an activating group) is 1. The van der Waals surface area contributed by atoms with E-state index in [-0.39, 0.29) is 36.7 Å². The molecule has 0 saturated carbocycles. The fourth-order valence-corrected chi connectivity index (χ4v) is 11.4. The number of phenols is 1. The smallest absolute Gasteiger partial charge is 0.410 e. The van der Waals surface area contributed by atoms with Gasteiger partial charge in [-0.3, -0.25) is 24.3 Å². The number of nitrogens with zero attached hydrogens (tertiary/aromatic N) is 4. The zero-order chi connectivity index (χ0) is 41.5. The highest BCUT2D eigenvalue weighted by Gasteiger charge is 2.61. The lowest BCUT2D eigenvalue weighted by Crippen LogP contribution is -2.69. The fraction of sp³-hybridized carbons (Fsp3) is 0.585. The molecule has 7 aliphatic heterocycles. The Morgan fingerprint density at radius 2 is 1.83 bits per heavy atom. The average molecular weight is 820 g/mol. The number of aryl methyl sites for hydroxylation is 1. The number of carbonyl (C=O) groups excluding carboxylic acids is 4. The van der Waals surface area contributed by atoms with Gasteiger partial charge in [-0.25, -0.2) is 9.59 Å². The topological polar surface area (TPSA) is 189 Å². The molecule has 58 heavy (non-hydrogen) atoms. The number of piperazine rings is 1. The third-order valence-corrected chi connectivity index (χ3v) is 13.6. The Morgan fingerprint density at radius 3 is 2.52 bits per heavy atom. The number of esters is 2. The molecular weight excluding hydrogens is 771 g/mol. The molecule has 9 rings (SSSR count). The molecule has 3 fully saturated rings. The molecular formula is C41H49N5O11S. The molecule has 2 aromatic carbocycles. The van der Waals surface area contributed by atoms with Crippen molar-refractivity contribution in [3.63, 3.8) is 0 Å². The Balaban J connectivity index is 1.27. The summed E-state index contributed by atoms with van der Waals surface area (Å²) in [7, 11) is 3.46. The van der Waals surface area contributed by atoms with Gasteiger partial charge in [0.2, 0.25) is 12.7 Å². The number of thioether (sulfide) groups is 1. The molecule has 3 saturated heterocycles. The zero-order valence-electron chi connectivity index (χ0n) is 33.9. The number of fused-ring (bicyclic) bond motifs is 10. The first-order valence-electron chi connectivity index (χ1n) is 19.6. The summed E-state index contributed by atoms with van der Waals surface area (Å²) in [4.78, 5) is 59.7. The molecule has 1 unspecified atom stereocenters. The number of nitriles is 1. The minimum atomic E-state index is -1.14. The molecule has 16 nitrogen and oxygen atoms in total. The number of rotatable bonds is 4. The number of aromatic hydroxyl groups is 1. The highest BCUT2D eigenvalue weighted by Crippen LogP contribution is 2.64. The summed E-state index contributed by atoms with van der Waals surface area (Å²) in [5, 5.41) is 25.3. The van der Waals surface area contributed by atoms with Crippen molar-refractivity contribution in [3.8, 4) is 34.8 Å². The maximum atomic E-state index is 14.1. The van der Waals surface area contributed by atoms with Crippen LogP contribution in [0.1, 0.15) is 91.3 Å². The van der Waals surface area contributed by atoms with Crippen LogP contribution in [0, 0.1) is 25.2 Å². The van der Waals surface area contributed by atoms with E-state index in [0.717, 1.165) is 11.1 Å². The SMILES string of the molecule is COc1c(C)cc2c(c1O)[C@H]1[C@@H]3[C@@H]4SCC(NC(=O)[C@@H]5CCCN5C(=O)OC(C)(C)C)C(=O)OC[C@H](c5c6c(c(C)c(OC(C)=O)c54)OCO6)N3[C@@H](C#N)[C@H](C2)N1C. The van der Waals surface area contributed by atoms with E-state index in [1.54, 1.807) is 27.7 Å². The van der Waals surface area contributed by atoms with Crippen LogP contribution in [0.25, 0.3) is 0 Å². The first kappa shape index (κ1) is 39.9. The van der Waals surface area contributed by atoms with E-state index in [4.69, 9.17) is 28.4 Å². The predicted molar refractivity (Wildman–Crippen MR) is 208 cm³/mol. The molecule has 2 amide bonds. The lowest BCUT2D eigenvalue weighted by atomic mass is 9.71. The monoisotopic (exact) mass is 819 g/mol. The number of methoxy groups -OCH3 is 1. The first-order chi connectivity index (χ1) is 27.6. The second kappa shape index (κ2) is 14.7. The largest absolute Gasteiger partial charge is 0.504 e. The van der Waals surface area contributed by atoms with Gasteiger partial charge in [0.15, 0.2) is 23.0 Å². The third-order valence-electron chi connectivity index (χ3n) is 12.2. The number of likely N-dealkylation sites (tertiary alicyclic amines) is 1. The van der Waals surface area contributed by atoms with E-state index in [9.17, 15) is 29.5 Å². The second-order valence-electron chi connectivity index (χ2n) is 16.8. The predicted octanol–water partition coefficient (Wildman–Crippen LogP) is 4.12. The van der Waals surface area contributed by atoms with Gasteiger partial charge in [-0.2, -0.15) is 5.26 Å². The summed E-state index contributed by atoms with van der Waals surface area (Å²) >= 11 is 1.35. The van der Waals surface area contributed by atoms with Gasteiger partial charge >= 0.3 is 18.0 Å². The molecule has 7 aliphatic rings. The van der Waals surface area contributed by atoms with Gasteiger partial charge in [-0.05, 0) is 72.1 Å². The van der Waals surface area contributed by atoms with Gasteiger partial charge in [-0.15, -0.1) is 11.8 Å². The van der Waals surface area contributed by atoms with Crippen LogP contribution in [-0.4, -0.2) is 119 Å². The summed E-state index contributed by atoms with van der Waals surface area (Å²) in [5.41, 5.74) is 3.31. The minimum absolute atomic E-state index is 0.00296. The highest BCUT2D eigenvalue weighted by atomic mass is 32.2. The van der Waals surface area contributed by atoms with Crippen LogP contribution in [0.15, 0.2) is 6.07 Å². The number of ether oxygens (including phenoxy) is 6. The Bertz CT molecular complexity index is 2130. The van der Waals surface area contributed by atoms with Crippen LogP contribution in [0.2, 0.25) is 0 Å². The van der Waals surface area contributed by atoms with E-state index in [1.165, 1.54) is 30.7 Å². The van der Waals surface area contributed by atoms with Gasteiger partial charge in [0, 0.05) is 53.6 Å². The van der Waals surface area contributed by atoms with Crippen molar-refractivity contribution < 1.29 is 52.7 Å². The molecule has 310 valence electrons. The molecule has 2 N–H and O–H groups in total. The molecule has 0 aromatic heterocycles. The third kappa shape index (κ3) is 6.35. The number of phenolic OH excluding ortho intramolecular Hbond substituents is 1. The lowest BCUT2D eigenvalue weighted by Gasteiger charge is -2.61. The van der Waals surface area contributed by atoms with Crippen molar-refractivity contribution in [2.24, 2.45) is 0 Å². The maximum absolute atomic E-state index is 14.1. The van der Waals surface area contributed by atoms with E-state index in [1.807, 2.05) is 20.0 Å². The molecule has 0 spiro atoms. The van der Waals surface area contributed by atoms with Gasteiger partial charge in [-0.1, -0.05) is 6.07 Å².